The molecule has 1 atom stereocenters. The second kappa shape index (κ2) is 13.6. The molecule has 1 unspecified atom stereocenters. The zero-order valence-electron chi connectivity index (χ0n) is 17.0. The standard InChI is InChI=1S/C21H43NO3/c1-4-7-10-13-16-20(24,17-14-11-8-5-2)21(25,19(22)23)18-15-12-9-6-3/h24-25H,4-18H2,1-3H3,(H2,22,23). The molecule has 0 aromatic rings. The number of amides is 1. The van der Waals surface area contributed by atoms with E-state index in [4.69, 9.17) is 5.73 Å². The number of carbonyl (C=O) groups excluding carboxylic acids is 1. The van der Waals surface area contributed by atoms with Crippen molar-refractivity contribution in [2.45, 2.75) is 128 Å². The number of hydrogen-bond donors (Lipinski definition) is 3. The van der Waals surface area contributed by atoms with E-state index in [9.17, 15) is 15.0 Å². The lowest BCUT2D eigenvalue weighted by Gasteiger charge is -2.42. The van der Waals surface area contributed by atoms with Crippen molar-refractivity contribution < 1.29 is 15.0 Å². The van der Waals surface area contributed by atoms with Crippen LogP contribution in [0.25, 0.3) is 0 Å². The molecular weight excluding hydrogens is 314 g/mol. The van der Waals surface area contributed by atoms with Crippen LogP contribution < -0.4 is 5.73 Å². The first-order valence-electron chi connectivity index (χ1n) is 10.6. The van der Waals surface area contributed by atoms with Gasteiger partial charge in [-0.1, -0.05) is 91.4 Å². The Hall–Kier alpha value is -0.610. The Morgan fingerprint density at radius 3 is 1.36 bits per heavy atom. The minimum Gasteiger partial charge on any atom is -0.386 e. The summed E-state index contributed by atoms with van der Waals surface area (Å²) in [6.45, 7) is 6.41. The Kier molecular flexibility index (Phi) is 13.2. The van der Waals surface area contributed by atoms with Gasteiger partial charge in [0, 0.05) is 0 Å². The molecule has 25 heavy (non-hydrogen) atoms. The first-order chi connectivity index (χ1) is 11.9. The number of rotatable bonds is 17. The maximum absolute atomic E-state index is 12.1. The summed E-state index contributed by atoms with van der Waals surface area (Å²) < 4.78 is 0. The highest BCUT2D eigenvalue weighted by molar-refractivity contribution is 5.84. The predicted molar refractivity (Wildman–Crippen MR) is 105 cm³/mol. The van der Waals surface area contributed by atoms with Crippen molar-refractivity contribution in [3.05, 3.63) is 0 Å². The molecule has 0 bridgehead atoms. The van der Waals surface area contributed by atoms with Crippen LogP contribution in [-0.2, 0) is 4.79 Å². The summed E-state index contributed by atoms with van der Waals surface area (Å²) in [6, 6.07) is 0. The molecule has 0 heterocycles. The van der Waals surface area contributed by atoms with Crippen molar-refractivity contribution in [2.75, 3.05) is 0 Å². The quantitative estimate of drug-likeness (QED) is 0.325. The van der Waals surface area contributed by atoms with Crippen LogP contribution in [-0.4, -0.2) is 27.3 Å². The maximum atomic E-state index is 12.1. The third kappa shape index (κ3) is 8.54. The SMILES string of the molecule is CCCCCCC(O)(CCCCCC)C(O)(CCCCCC)C(N)=O. The molecule has 0 aromatic heterocycles. The fourth-order valence-electron chi connectivity index (χ4n) is 3.62. The van der Waals surface area contributed by atoms with Gasteiger partial charge in [0.05, 0.1) is 0 Å². The van der Waals surface area contributed by atoms with Crippen molar-refractivity contribution in [1.82, 2.24) is 0 Å². The number of unbranched alkanes of at least 4 members (excludes halogenated alkanes) is 9. The molecule has 0 aliphatic carbocycles. The van der Waals surface area contributed by atoms with Crippen molar-refractivity contribution in [2.24, 2.45) is 5.73 Å². The van der Waals surface area contributed by atoms with Gasteiger partial charge in [0.15, 0.2) is 5.60 Å². The molecule has 0 radical (unpaired) electrons. The van der Waals surface area contributed by atoms with Crippen LogP contribution in [0.15, 0.2) is 0 Å². The van der Waals surface area contributed by atoms with E-state index in [0.717, 1.165) is 77.0 Å². The summed E-state index contributed by atoms with van der Waals surface area (Å²) in [5, 5.41) is 22.4. The first-order valence-corrected chi connectivity index (χ1v) is 10.6. The topological polar surface area (TPSA) is 83.6 Å². The van der Waals surface area contributed by atoms with E-state index in [1.807, 2.05) is 0 Å². The summed E-state index contributed by atoms with van der Waals surface area (Å²) in [7, 11) is 0. The Labute approximate surface area is 155 Å². The molecule has 0 saturated carbocycles. The van der Waals surface area contributed by atoms with Gasteiger partial charge in [-0.05, 0) is 25.7 Å². The van der Waals surface area contributed by atoms with Crippen LogP contribution in [0.5, 0.6) is 0 Å². The molecule has 0 aromatic carbocycles. The second-order valence-corrected chi connectivity index (χ2v) is 7.69. The van der Waals surface area contributed by atoms with Crippen molar-refractivity contribution in [1.29, 1.82) is 0 Å². The van der Waals surface area contributed by atoms with Crippen LogP contribution in [0.4, 0.5) is 0 Å². The Morgan fingerprint density at radius 1 is 0.680 bits per heavy atom. The fourth-order valence-corrected chi connectivity index (χ4v) is 3.62. The van der Waals surface area contributed by atoms with Gasteiger partial charge in [0.2, 0.25) is 0 Å². The van der Waals surface area contributed by atoms with Gasteiger partial charge >= 0.3 is 0 Å². The van der Waals surface area contributed by atoms with Gasteiger partial charge in [-0.2, -0.15) is 0 Å². The molecule has 4 N–H and O–H groups in total. The van der Waals surface area contributed by atoms with Gasteiger partial charge in [-0.15, -0.1) is 0 Å². The van der Waals surface area contributed by atoms with Crippen LogP contribution in [0, 0.1) is 0 Å². The van der Waals surface area contributed by atoms with Gasteiger partial charge in [-0.25, -0.2) is 0 Å². The van der Waals surface area contributed by atoms with E-state index in [0.29, 0.717) is 12.8 Å². The molecule has 0 aliphatic heterocycles. The lowest BCUT2D eigenvalue weighted by Crippen LogP contribution is -2.61. The van der Waals surface area contributed by atoms with E-state index in [2.05, 4.69) is 20.8 Å². The van der Waals surface area contributed by atoms with Gasteiger partial charge in [-0.3, -0.25) is 4.79 Å². The summed E-state index contributed by atoms with van der Waals surface area (Å²) in [5.74, 6) is -0.766. The molecule has 0 aliphatic rings. The molecule has 150 valence electrons. The number of primary amides is 1. The molecule has 0 spiro atoms. The minimum absolute atomic E-state index is 0.264. The lowest BCUT2D eigenvalue weighted by atomic mass is 9.72. The fraction of sp³-hybridized carbons (Fsp3) is 0.952. The van der Waals surface area contributed by atoms with Crippen LogP contribution in [0.3, 0.4) is 0 Å². The smallest absolute Gasteiger partial charge is 0.252 e. The summed E-state index contributed by atoms with van der Waals surface area (Å²) in [4.78, 5) is 12.1. The monoisotopic (exact) mass is 357 g/mol. The lowest BCUT2D eigenvalue weighted by molar-refractivity contribution is -0.181. The zero-order chi connectivity index (χ0) is 19.2. The first kappa shape index (κ1) is 24.4. The van der Waals surface area contributed by atoms with Gasteiger partial charge < -0.3 is 15.9 Å². The molecule has 1 amide bonds. The van der Waals surface area contributed by atoms with E-state index in [1.54, 1.807) is 0 Å². The molecule has 0 fully saturated rings. The predicted octanol–water partition coefficient (Wildman–Crippen LogP) is 4.85. The highest BCUT2D eigenvalue weighted by atomic mass is 16.4. The summed E-state index contributed by atoms with van der Waals surface area (Å²) >= 11 is 0. The Morgan fingerprint density at radius 2 is 1.04 bits per heavy atom. The van der Waals surface area contributed by atoms with Crippen LogP contribution >= 0.6 is 0 Å². The van der Waals surface area contributed by atoms with E-state index < -0.39 is 17.1 Å². The second-order valence-electron chi connectivity index (χ2n) is 7.69. The van der Waals surface area contributed by atoms with Crippen LogP contribution in [0.1, 0.15) is 117 Å². The van der Waals surface area contributed by atoms with Crippen LogP contribution in [0.2, 0.25) is 0 Å². The third-order valence-corrected chi connectivity index (χ3v) is 5.46. The van der Waals surface area contributed by atoms with Gasteiger partial charge in [0.25, 0.3) is 5.91 Å². The average molecular weight is 358 g/mol. The highest BCUT2D eigenvalue weighted by Gasteiger charge is 2.52. The number of aliphatic hydroxyl groups is 2. The average Bonchev–Trinajstić information content (AvgIpc) is 2.59. The van der Waals surface area contributed by atoms with Crippen molar-refractivity contribution in [3.63, 3.8) is 0 Å². The van der Waals surface area contributed by atoms with E-state index in [1.165, 1.54) is 0 Å². The molecular formula is C21H43NO3. The number of carbonyl (C=O) groups is 1. The highest BCUT2D eigenvalue weighted by Crippen LogP contribution is 2.37. The van der Waals surface area contributed by atoms with E-state index in [-0.39, 0.29) is 6.42 Å². The Bertz CT molecular complexity index is 334. The van der Waals surface area contributed by atoms with Crippen molar-refractivity contribution >= 4 is 5.91 Å². The zero-order valence-corrected chi connectivity index (χ0v) is 17.0. The largest absolute Gasteiger partial charge is 0.386 e. The summed E-state index contributed by atoms with van der Waals surface area (Å²) in [6.07, 6.45) is 13.1. The normalized spacial score (nSPS) is 14.4. The number of hydrogen-bond acceptors (Lipinski definition) is 3. The molecule has 4 nitrogen and oxygen atoms in total. The minimum atomic E-state index is -1.81. The third-order valence-electron chi connectivity index (χ3n) is 5.46. The van der Waals surface area contributed by atoms with Gasteiger partial charge in [0.1, 0.15) is 5.60 Å². The van der Waals surface area contributed by atoms with E-state index >= 15 is 0 Å². The van der Waals surface area contributed by atoms with Crippen molar-refractivity contribution in [3.8, 4) is 0 Å². The Balaban J connectivity index is 5.04. The molecule has 0 rings (SSSR count). The molecule has 0 saturated heterocycles. The number of nitrogens with two attached hydrogens (primary N) is 1. The molecule has 4 heteroatoms. The summed E-state index contributed by atoms with van der Waals surface area (Å²) in [5.41, 5.74) is 2.38. The maximum Gasteiger partial charge on any atom is 0.252 e.